The molecule has 0 bridgehead atoms. The fourth-order valence-corrected chi connectivity index (χ4v) is 1.40. The lowest BCUT2D eigenvalue weighted by molar-refractivity contribution is -0.386. The molecule has 0 aromatic heterocycles. The van der Waals surface area contributed by atoms with Crippen LogP contribution in [0.25, 0.3) is 0 Å². The van der Waals surface area contributed by atoms with E-state index in [-0.39, 0.29) is 22.6 Å². The first-order valence-electron chi connectivity index (χ1n) is 4.43. The molecule has 1 rings (SSSR count). The van der Waals surface area contributed by atoms with Crippen molar-refractivity contribution in [2.24, 2.45) is 0 Å². The highest BCUT2D eigenvalue weighted by Crippen LogP contribution is 2.32. The summed E-state index contributed by atoms with van der Waals surface area (Å²) in [5.74, 6) is -0.488. The summed E-state index contributed by atoms with van der Waals surface area (Å²) in [4.78, 5) is 21.6. The van der Waals surface area contributed by atoms with Crippen LogP contribution in [-0.2, 0) is 4.74 Å². The quantitative estimate of drug-likeness (QED) is 0.444. The molecule has 0 atom stereocenters. The minimum atomic E-state index is -0.608. The lowest BCUT2D eigenvalue weighted by atomic mass is 10.1. The lowest BCUT2D eigenvalue weighted by Gasteiger charge is -2.07. The molecule has 0 aliphatic carbocycles. The number of carbonyl (C=O) groups excluding carboxylic acids is 1. The van der Waals surface area contributed by atoms with Crippen molar-refractivity contribution in [1.29, 1.82) is 0 Å². The van der Waals surface area contributed by atoms with Crippen LogP contribution in [0.2, 0.25) is 0 Å². The van der Waals surface area contributed by atoms with Gasteiger partial charge in [-0.05, 0) is 19.1 Å². The molecule has 16 heavy (non-hydrogen) atoms. The molecule has 1 aromatic rings. The predicted molar refractivity (Wildman–Crippen MR) is 55.7 cm³/mol. The molecule has 0 N–H and O–H groups in total. The van der Waals surface area contributed by atoms with Gasteiger partial charge in [-0.25, -0.2) is 4.79 Å². The lowest BCUT2D eigenvalue weighted by Crippen LogP contribution is -2.07. The molecule has 1 aromatic carbocycles. The zero-order valence-corrected chi connectivity index (χ0v) is 9.14. The van der Waals surface area contributed by atoms with E-state index in [0.29, 0.717) is 0 Å². The second-order valence-corrected chi connectivity index (χ2v) is 3.04. The molecular formula is C10H11NO5. The fourth-order valence-electron chi connectivity index (χ4n) is 1.40. The van der Waals surface area contributed by atoms with Crippen LogP contribution in [0.1, 0.15) is 15.9 Å². The van der Waals surface area contributed by atoms with Gasteiger partial charge in [0.25, 0.3) is 0 Å². The van der Waals surface area contributed by atoms with Crippen LogP contribution in [0.15, 0.2) is 12.1 Å². The molecule has 6 nitrogen and oxygen atoms in total. The molecule has 0 amide bonds. The van der Waals surface area contributed by atoms with E-state index in [2.05, 4.69) is 4.74 Å². The van der Waals surface area contributed by atoms with Gasteiger partial charge >= 0.3 is 11.7 Å². The minimum absolute atomic E-state index is 0.121. The van der Waals surface area contributed by atoms with E-state index in [1.54, 1.807) is 0 Å². The Labute approximate surface area is 91.9 Å². The highest BCUT2D eigenvalue weighted by atomic mass is 16.6. The highest BCUT2D eigenvalue weighted by molar-refractivity contribution is 5.92. The van der Waals surface area contributed by atoms with E-state index in [9.17, 15) is 14.9 Å². The Balaban J connectivity index is 3.43. The Morgan fingerprint density at radius 2 is 2.00 bits per heavy atom. The molecule has 86 valence electrons. The number of methoxy groups -OCH3 is 2. The zero-order chi connectivity index (χ0) is 12.3. The second-order valence-electron chi connectivity index (χ2n) is 3.04. The minimum Gasteiger partial charge on any atom is -0.490 e. The third-order valence-electron chi connectivity index (χ3n) is 2.20. The fraction of sp³-hybridized carbons (Fsp3) is 0.300. The number of rotatable bonds is 3. The largest absolute Gasteiger partial charge is 0.490 e. The first-order chi connectivity index (χ1) is 7.52. The number of nitrogens with zero attached hydrogens (tertiary/aromatic N) is 1. The van der Waals surface area contributed by atoms with Crippen molar-refractivity contribution in [3.8, 4) is 5.75 Å². The standard InChI is InChI=1S/C10H11NO5/c1-6-7(10(12)16-3)4-5-8(15-2)9(6)11(13)14/h4-5H,1-3H3. The van der Waals surface area contributed by atoms with Crippen molar-refractivity contribution in [3.05, 3.63) is 33.4 Å². The van der Waals surface area contributed by atoms with Gasteiger partial charge in [0.15, 0.2) is 5.75 Å². The van der Waals surface area contributed by atoms with Crippen LogP contribution in [0.3, 0.4) is 0 Å². The summed E-state index contributed by atoms with van der Waals surface area (Å²) in [6.07, 6.45) is 0. The number of esters is 1. The number of hydrogen-bond acceptors (Lipinski definition) is 5. The molecule has 6 heteroatoms. The highest BCUT2D eigenvalue weighted by Gasteiger charge is 2.24. The predicted octanol–water partition coefficient (Wildman–Crippen LogP) is 1.70. The van der Waals surface area contributed by atoms with Gasteiger partial charge in [0.1, 0.15) is 0 Å². The SMILES string of the molecule is COC(=O)c1ccc(OC)c([N+](=O)[O-])c1C. The summed E-state index contributed by atoms with van der Waals surface area (Å²) in [5, 5.41) is 10.8. The van der Waals surface area contributed by atoms with E-state index < -0.39 is 10.9 Å². The van der Waals surface area contributed by atoms with Crippen LogP contribution in [0.4, 0.5) is 5.69 Å². The van der Waals surface area contributed by atoms with Gasteiger partial charge in [0.2, 0.25) is 0 Å². The van der Waals surface area contributed by atoms with Gasteiger partial charge in [0.05, 0.1) is 24.7 Å². The van der Waals surface area contributed by atoms with Crippen LogP contribution in [-0.4, -0.2) is 25.1 Å². The number of ether oxygens (including phenoxy) is 2. The molecule has 0 unspecified atom stereocenters. The van der Waals surface area contributed by atoms with Crippen molar-refractivity contribution >= 4 is 11.7 Å². The number of nitro groups is 1. The van der Waals surface area contributed by atoms with Crippen LogP contribution in [0, 0.1) is 17.0 Å². The Bertz CT molecular complexity index is 441. The van der Waals surface area contributed by atoms with Crippen molar-refractivity contribution in [1.82, 2.24) is 0 Å². The maximum atomic E-state index is 11.3. The number of carbonyl (C=O) groups is 1. The van der Waals surface area contributed by atoms with Gasteiger partial charge in [-0.15, -0.1) is 0 Å². The first kappa shape index (κ1) is 12.0. The molecular weight excluding hydrogens is 214 g/mol. The maximum absolute atomic E-state index is 11.3. The summed E-state index contributed by atoms with van der Waals surface area (Å²) in [6, 6.07) is 2.81. The third-order valence-corrected chi connectivity index (χ3v) is 2.20. The van der Waals surface area contributed by atoms with E-state index in [0.717, 1.165) is 0 Å². The number of benzene rings is 1. The summed E-state index contributed by atoms with van der Waals surface area (Å²) < 4.78 is 9.39. The molecule has 0 fully saturated rings. The average molecular weight is 225 g/mol. The summed E-state index contributed by atoms with van der Waals surface area (Å²) >= 11 is 0. The van der Waals surface area contributed by atoms with E-state index in [4.69, 9.17) is 4.74 Å². The number of nitro benzene ring substituents is 1. The Hall–Kier alpha value is -2.11. The van der Waals surface area contributed by atoms with Crippen LogP contribution < -0.4 is 4.74 Å². The number of hydrogen-bond donors (Lipinski definition) is 0. The smallest absolute Gasteiger partial charge is 0.338 e. The summed E-state index contributed by atoms with van der Waals surface area (Å²) in [5.41, 5.74) is 0.177. The molecule has 0 aliphatic heterocycles. The Kier molecular flexibility index (Phi) is 3.44. The van der Waals surface area contributed by atoms with Gasteiger partial charge in [0, 0.05) is 5.56 Å². The molecule has 0 spiro atoms. The van der Waals surface area contributed by atoms with Crippen molar-refractivity contribution in [2.75, 3.05) is 14.2 Å². The van der Waals surface area contributed by atoms with E-state index >= 15 is 0 Å². The van der Waals surface area contributed by atoms with Crippen molar-refractivity contribution in [3.63, 3.8) is 0 Å². The summed E-state index contributed by atoms with van der Waals surface area (Å²) in [6.45, 7) is 1.48. The molecule has 0 saturated carbocycles. The third kappa shape index (κ3) is 1.95. The van der Waals surface area contributed by atoms with Crippen LogP contribution >= 0.6 is 0 Å². The monoisotopic (exact) mass is 225 g/mol. The van der Waals surface area contributed by atoms with Crippen molar-refractivity contribution in [2.45, 2.75) is 6.92 Å². The topological polar surface area (TPSA) is 78.7 Å². The average Bonchev–Trinajstić information content (AvgIpc) is 2.26. The molecule has 0 radical (unpaired) electrons. The zero-order valence-electron chi connectivity index (χ0n) is 9.14. The summed E-state index contributed by atoms with van der Waals surface area (Å²) in [7, 11) is 2.55. The normalized spacial score (nSPS) is 9.69. The van der Waals surface area contributed by atoms with Crippen LogP contribution in [0.5, 0.6) is 5.75 Å². The van der Waals surface area contributed by atoms with Gasteiger partial charge in [-0.2, -0.15) is 0 Å². The Morgan fingerprint density at radius 3 is 2.44 bits per heavy atom. The maximum Gasteiger partial charge on any atom is 0.338 e. The van der Waals surface area contributed by atoms with E-state index in [1.165, 1.54) is 33.3 Å². The van der Waals surface area contributed by atoms with Gasteiger partial charge < -0.3 is 9.47 Å². The Morgan fingerprint density at radius 1 is 1.38 bits per heavy atom. The first-order valence-corrected chi connectivity index (χ1v) is 4.43. The van der Waals surface area contributed by atoms with Gasteiger partial charge in [-0.3, -0.25) is 10.1 Å². The second kappa shape index (κ2) is 4.61. The molecule has 0 heterocycles. The van der Waals surface area contributed by atoms with Crippen molar-refractivity contribution < 1.29 is 19.2 Å². The molecule has 0 saturated heterocycles. The van der Waals surface area contributed by atoms with E-state index in [1.807, 2.05) is 0 Å². The molecule has 0 aliphatic rings. The van der Waals surface area contributed by atoms with Gasteiger partial charge in [-0.1, -0.05) is 0 Å².